The number of rotatable bonds is 11. The average Bonchev–Trinajstić information content (AvgIpc) is 3.12. The average molecular weight is 445 g/mol. The van der Waals surface area contributed by atoms with Gasteiger partial charge in [-0.3, -0.25) is 0 Å². The summed E-state index contributed by atoms with van der Waals surface area (Å²) in [5.74, 6) is 0.530. The maximum atomic E-state index is 12.1. The van der Waals surface area contributed by atoms with Gasteiger partial charge in [0.2, 0.25) is 0 Å². The molecule has 1 aromatic heterocycles. The van der Waals surface area contributed by atoms with Crippen LogP contribution in [0.3, 0.4) is 0 Å². The second kappa shape index (κ2) is 11.4. The van der Waals surface area contributed by atoms with Crippen LogP contribution in [0.5, 0.6) is 0 Å². The molecule has 0 amide bonds. The first-order valence-electron chi connectivity index (χ1n) is 10.2. The number of carbonyl (C=O) groups excluding carboxylic acids is 1. The largest absolute Gasteiger partial charge is 0.462 e. The van der Waals surface area contributed by atoms with Gasteiger partial charge in [-0.25, -0.2) is 9.78 Å². The van der Waals surface area contributed by atoms with Crippen LogP contribution in [-0.2, 0) is 21.8 Å². The van der Waals surface area contributed by atoms with Crippen molar-refractivity contribution in [2.45, 2.75) is 42.6 Å². The van der Waals surface area contributed by atoms with E-state index in [4.69, 9.17) is 14.5 Å². The van der Waals surface area contributed by atoms with E-state index < -0.39 is 0 Å². The Hall–Kier alpha value is -1.96. The molecule has 0 atom stereocenters. The third-order valence-corrected chi connectivity index (χ3v) is 6.42. The highest BCUT2D eigenvalue weighted by molar-refractivity contribution is 7.98. The minimum Gasteiger partial charge on any atom is -0.462 e. The van der Waals surface area contributed by atoms with Crippen molar-refractivity contribution in [1.82, 2.24) is 9.55 Å². The molecule has 2 aromatic carbocycles. The van der Waals surface area contributed by atoms with Crippen molar-refractivity contribution in [1.29, 1.82) is 0 Å². The van der Waals surface area contributed by atoms with E-state index in [0.717, 1.165) is 48.1 Å². The normalized spacial score (nSPS) is 11.2. The SMILES string of the molecule is CCOCCCn1c(SCc2ccc(SC)cc2)nc2cc(C(=O)OCC)ccc21. The molecule has 3 rings (SSSR count). The molecule has 0 spiro atoms. The quantitative estimate of drug-likeness (QED) is 0.216. The summed E-state index contributed by atoms with van der Waals surface area (Å²) < 4.78 is 12.9. The van der Waals surface area contributed by atoms with E-state index >= 15 is 0 Å². The van der Waals surface area contributed by atoms with E-state index in [9.17, 15) is 4.79 Å². The Morgan fingerprint density at radius 2 is 1.90 bits per heavy atom. The van der Waals surface area contributed by atoms with Gasteiger partial charge in [0.15, 0.2) is 5.16 Å². The highest BCUT2D eigenvalue weighted by atomic mass is 32.2. The molecule has 0 saturated carbocycles. The van der Waals surface area contributed by atoms with Gasteiger partial charge in [0.05, 0.1) is 23.2 Å². The zero-order valence-corrected chi connectivity index (χ0v) is 19.4. The Kier molecular flexibility index (Phi) is 8.66. The Labute approximate surface area is 186 Å². The second-order valence-electron chi connectivity index (χ2n) is 6.66. The molecule has 0 aliphatic rings. The summed E-state index contributed by atoms with van der Waals surface area (Å²) in [7, 11) is 0. The van der Waals surface area contributed by atoms with Crippen LogP contribution in [0.25, 0.3) is 11.0 Å². The lowest BCUT2D eigenvalue weighted by Gasteiger charge is -2.09. The Bertz CT molecular complexity index is 970. The molecule has 0 bridgehead atoms. The molecule has 0 N–H and O–H groups in total. The molecule has 7 heteroatoms. The summed E-state index contributed by atoms with van der Waals surface area (Å²) in [5.41, 5.74) is 3.64. The molecule has 0 aliphatic heterocycles. The molecule has 160 valence electrons. The number of ether oxygens (including phenoxy) is 2. The molecule has 3 aromatic rings. The van der Waals surface area contributed by atoms with Gasteiger partial charge in [-0.15, -0.1) is 11.8 Å². The molecule has 5 nitrogen and oxygen atoms in total. The van der Waals surface area contributed by atoms with E-state index in [1.54, 1.807) is 23.5 Å². The van der Waals surface area contributed by atoms with Gasteiger partial charge < -0.3 is 14.0 Å². The van der Waals surface area contributed by atoms with Crippen molar-refractivity contribution < 1.29 is 14.3 Å². The molecule has 0 fully saturated rings. The smallest absolute Gasteiger partial charge is 0.338 e. The number of imidazole rings is 1. The van der Waals surface area contributed by atoms with Crippen molar-refractivity contribution in [3.8, 4) is 0 Å². The Morgan fingerprint density at radius 3 is 2.60 bits per heavy atom. The van der Waals surface area contributed by atoms with Crippen LogP contribution in [0.4, 0.5) is 0 Å². The summed E-state index contributed by atoms with van der Waals surface area (Å²) in [6, 6.07) is 14.2. The molecule has 0 aliphatic carbocycles. The number of carbonyl (C=O) groups is 1. The fourth-order valence-electron chi connectivity index (χ4n) is 3.11. The van der Waals surface area contributed by atoms with Gasteiger partial charge in [-0.1, -0.05) is 23.9 Å². The van der Waals surface area contributed by atoms with E-state index in [0.29, 0.717) is 12.2 Å². The van der Waals surface area contributed by atoms with Crippen LogP contribution in [0.1, 0.15) is 36.2 Å². The number of hydrogen-bond donors (Lipinski definition) is 0. The lowest BCUT2D eigenvalue weighted by atomic mass is 10.2. The summed E-state index contributed by atoms with van der Waals surface area (Å²) in [5, 5.41) is 0.955. The summed E-state index contributed by atoms with van der Waals surface area (Å²) in [6.07, 6.45) is 2.99. The maximum Gasteiger partial charge on any atom is 0.338 e. The molecule has 30 heavy (non-hydrogen) atoms. The standard InChI is InChI=1S/C23H28N2O3S2/c1-4-27-14-6-13-25-21-12-9-18(22(26)28-5-2)15-20(21)24-23(25)30-16-17-7-10-19(29-3)11-8-17/h7-12,15H,4-6,13-14,16H2,1-3H3. The Morgan fingerprint density at radius 1 is 1.10 bits per heavy atom. The number of nitrogens with zero attached hydrogens (tertiary/aromatic N) is 2. The van der Waals surface area contributed by atoms with E-state index in [-0.39, 0.29) is 5.97 Å². The lowest BCUT2D eigenvalue weighted by Crippen LogP contribution is -2.05. The number of benzene rings is 2. The van der Waals surface area contributed by atoms with Crippen LogP contribution >= 0.6 is 23.5 Å². The first-order valence-corrected chi connectivity index (χ1v) is 12.4. The third kappa shape index (κ3) is 5.80. The van der Waals surface area contributed by atoms with E-state index in [2.05, 4.69) is 35.1 Å². The number of aryl methyl sites for hydroxylation is 1. The predicted molar refractivity (Wildman–Crippen MR) is 125 cm³/mol. The van der Waals surface area contributed by atoms with Crippen LogP contribution in [0.2, 0.25) is 0 Å². The molecule has 0 radical (unpaired) electrons. The molecular weight excluding hydrogens is 416 g/mol. The minimum absolute atomic E-state index is 0.312. The van der Waals surface area contributed by atoms with Crippen LogP contribution < -0.4 is 0 Å². The number of hydrogen-bond acceptors (Lipinski definition) is 6. The predicted octanol–water partition coefficient (Wildman–Crippen LogP) is 5.65. The first kappa shape index (κ1) is 22.7. The topological polar surface area (TPSA) is 53.4 Å². The second-order valence-corrected chi connectivity index (χ2v) is 8.48. The van der Waals surface area contributed by atoms with Gasteiger partial charge in [0.1, 0.15) is 0 Å². The van der Waals surface area contributed by atoms with Crippen molar-refractivity contribution >= 4 is 40.5 Å². The van der Waals surface area contributed by atoms with Gasteiger partial charge >= 0.3 is 5.97 Å². The minimum atomic E-state index is -0.312. The monoisotopic (exact) mass is 444 g/mol. The number of fused-ring (bicyclic) bond motifs is 1. The molecule has 0 unspecified atom stereocenters. The van der Waals surface area contributed by atoms with Crippen molar-refractivity contribution in [2.24, 2.45) is 0 Å². The number of thioether (sulfide) groups is 2. The van der Waals surface area contributed by atoms with Gasteiger partial charge in [0.25, 0.3) is 0 Å². The van der Waals surface area contributed by atoms with E-state index in [1.165, 1.54) is 10.5 Å². The number of aromatic nitrogens is 2. The molecular formula is C23H28N2O3S2. The van der Waals surface area contributed by atoms with Gasteiger partial charge in [0, 0.05) is 30.4 Å². The fourth-order valence-corrected chi connectivity index (χ4v) is 4.52. The zero-order valence-electron chi connectivity index (χ0n) is 17.7. The summed E-state index contributed by atoms with van der Waals surface area (Å²) in [4.78, 5) is 18.2. The lowest BCUT2D eigenvalue weighted by molar-refractivity contribution is 0.0526. The van der Waals surface area contributed by atoms with Gasteiger partial charge in [-0.2, -0.15) is 0 Å². The van der Waals surface area contributed by atoms with Crippen LogP contribution in [-0.4, -0.2) is 41.6 Å². The van der Waals surface area contributed by atoms with Crippen molar-refractivity contribution in [3.63, 3.8) is 0 Å². The fraction of sp³-hybridized carbons (Fsp3) is 0.391. The number of esters is 1. The van der Waals surface area contributed by atoms with Crippen LogP contribution in [0, 0.1) is 0 Å². The third-order valence-electron chi connectivity index (χ3n) is 4.63. The first-order chi connectivity index (χ1) is 14.7. The molecule has 1 heterocycles. The Balaban J connectivity index is 1.83. The van der Waals surface area contributed by atoms with Crippen molar-refractivity contribution in [3.05, 3.63) is 53.6 Å². The summed E-state index contributed by atoms with van der Waals surface area (Å²) >= 11 is 3.46. The van der Waals surface area contributed by atoms with Crippen molar-refractivity contribution in [2.75, 3.05) is 26.1 Å². The van der Waals surface area contributed by atoms with Gasteiger partial charge in [-0.05, 0) is 62.4 Å². The highest BCUT2D eigenvalue weighted by Crippen LogP contribution is 2.28. The summed E-state index contributed by atoms with van der Waals surface area (Å²) in [6.45, 7) is 6.44. The maximum absolute atomic E-state index is 12.1. The zero-order chi connectivity index (χ0) is 21.3. The highest BCUT2D eigenvalue weighted by Gasteiger charge is 2.15. The van der Waals surface area contributed by atoms with Crippen LogP contribution in [0.15, 0.2) is 52.5 Å². The van der Waals surface area contributed by atoms with E-state index in [1.807, 2.05) is 32.0 Å². The molecule has 0 saturated heterocycles.